The van der Waals surface area contributed by atoms with E-state index in [4.69, 9.17) is 14.2 Å². The fourth-order valence-corrected chi connectivity index (χ4v) is 2.16. The van der Waals surface area contributed by atoms with Crippen LogP contribution in [0, 0.1) is 0 Å². The molecule has 0 spiro atoms. The second kappa shape index (κ2) is 10.1. The zero-order valence-electron chi connectivity index (χ0n) is 15.9. The molecule has 0 aliphatic heterocycles. The minimum absolute atomic E-state index is 0.00213. The first kappa shape index (κ1) is 20.9. The number of esters is 3. The highest BCUT2D eigenvalue weighted by Gasteiger charge is 2.08. The van der Waals surface area contributed by atoms with Crippen molar-refractivity contribution in [2.45, 2.75) is 26.7 Å². The van der Waals surface area contributed by atoms with Crippen molar-refractivity contribution in [1.29, 1.82) is 0 Å². The minimum Gasteiger partial charge on any atom is -0.465 e. The molecule has 6 heteroatoms. The van der Waals surface area contributed by atoms with Gasteiger partial charge in [0.2, 0.25) is 0 Å². The summed E-state index contributed by atoms with van der Waals surface area (Å²) in [6.07, 6.45) is 0.270. The molecule has 0 saturated carbocycles. The molecule has 6 nitrogen and oxygen atoms in total. The van der Waals surface area contributed by atoms with Gasteiger partial charge < -0.3 is 14.2 Å². The maximum Gasteiger partial charge on any atom is 0.338 e. The van der Waals surface area contributed by atoms with Crippen LogP contribution in [0.2, 0.25) is 0 Å². The van der Waals surface area contributed by atoms with Crippen LogP contribution in [-0.4, -0.2) is 24.5 Å². The molecule has 0 aromatic heterocycles. The summed E-state index contributed by atoms with van der Waals surface area (Å²) in [5, 5.41) is 0. The van der Waals surface area contributed by atoms with Gasteiger partial charge >= 0.3 is 17.9 Å². The Bertz CT molecular complexity index is 850. The minimum atomic E-state index is -0.472. The van der Waals surface area contributed by atoms with E-state index in [0.29, 0.717) is 17.1 Å². The Labute approximate surface area is 163 Å². The predicted molar refractivity (Wildman–Crippen MR) is 104 cm³/mol. The maximum atomic E-state index is 11.7. The number of hydrogen-bond acceptors (Lipinski definition) is 6. The van der Waals surface area contributed by atoms with Gasteiger partial charge in [-0.05, 0) is 42.3 Å². The van der Waals surface area contributed by atoms with Crippen molar-refractivity contribution in [3.63, 3.8) is 0 Å². The van der Waals surface area contributed by atoms with Gasteiger partial charge in [0.1, 0.15) is 18.1 Å². The van der Waals surface area contributed by atoms with Crippen molar-refractivity contribution in [2.24, 2.45) is 0 Å². The zero-order chi connectivity index (χ0) is 20.5. The molecule has 0 fully saturated rings. The molecule has 0 N–H and O–H groups in total. The normalized spacial score (nSPS) is 10.1. The summed E-state index contributed by atoms with van der Waals surface area (Å²) in [4.78, 5) is 34.3. The van der Waals surface area contributed by atoms with Crippen molar-refractivity contribution in [2.75, 3.05) is 6.61 Å². The van der Waals surface area contributed by atoms with Crippen molar-refractivity contribution in [3.8, 4) is 22.6 Å². The Morgan fingerprint density at radius 3 is 1.79 bits per heavy atom. The summed E-state index contributed by atoms with van der Waals surface area (Å²) >= 11 is 0. The lowest BCUT2D eigenvalue weighted by Crippen LogP contribution is -2.13. The zero-order valence-corrected chi connectivity index (χ0v) is 15.9. The van der Waals surface area contributed by atoms with Gasteiger partial charge in [-0.15, -0.1) is 0 Å². The van der Waals surface area contributed by atoms with Gasteiger partial charge in [-0.1, -0.05) is 37.8 Å². The molecule has 0 amide bonds. The van der Waals surface area contributed by atoms with Crippen LogP contribution < -0.4 is 9.47 Å². The van der Waals surface area contributed by atoms with E-state index in [2.05, 4.69) is 6.58 Å². The smallest absolute Gasteiger partial charge is 0.338 e. The lowest BCUT2D eigenvalue weighted by molar-refractivity contribution is -0.145. The van der Waals surface area contributed by atoms with E-state index in [0.717, 1.165) is 11.1 Å². The lowest BCUT2D eigenvalue weighted by atomic mass is 10.1. The van der Waals surface area contributed by atoms with Crippen LogP contribution in [0.5, 0.6) is 11.5 Å². The van der Waals surface area contributed by atoms with Gasteiger partial charge in [0.15, 0.2) is 0 Å². The fourth-order valence-electron chi connectivity index (χ4n) is 2.16. The second-order valence-corrected chi connectivity index (χ2v) is 6.02. The van der Waals surface area contributed by atoms with Crippen LogP contribution in [0.3, 0.4) is 0 Å². The molecule has 28 heavy (non-hydrogen) atoms. The van der Waals surface area contributed by atoms with Crippen LogP contribution in [0.25, 0.3) is 11.1 Å². The van der Waals surface area contributed by atoms with E-state index in [1.165, 1.54) is 0 Å². The molecule has 2 rings (SSSR count). The molecule has 0 atom stereocenters. The standard InChI is InChI=1S/C22H22O6/c1-4-20(23)26-14-13-21(24)27-18-9-5-16(6-10-18)17-7-11-19(12-8-17)28-22(25)15(2)3/h5-12H,2,4,13-14H2,1,3H3. The predicted octanol–water partition coefficient (Wildman–Crippen LogP) is 4.08. The van der Waals surface area contributed by atoms with Crippen molar-refractivity contribution >= 4 is 17.9 Å². The van der Waals surface area contributed by atoms with Crippen LogP contribution in [0.15, 0.2) is 60.7 Å². The van der Waals surface area contributed by atoms with E-state index in [1.54, 1.807) is 38.1 Å². The molecule has 0 bridgehead atoms. The van der Waals surface area contributed by atoms with Crippen LogP contribution in [0.1, 0.15) is 26.7 Å². The lowest BCUT2D eigenvalue weighted by Gasteiger charge is -2.08. The van der Waals surface area contributed by atoms with Gasteiger partial charge in [-0.2, -0.15) is 0 Å². The Morgan fingerprint density at radius 2 is 1.32 bits per heavy atom. The van der Waals surface area contributed by atoms with Crippen LogP contribution >= 0.6 is 0 Å². The molecular formula is C22H22O6. The number of ether oxygens (including phenoxy) is 3. The number of carbonyl (C=O) groups excluding carboxylic acids is 3. The SMILES string of the molecule is C=C(C)C(=O)Oc1ccc(-c2ccc(OC(=O)CCOC(=O)CC)cc2)cc1. The summed E-state index contributed by atoms with van der Waals surface area (Å²) in [5.74, 6) is -0.449. The highest BCUT2D eigenvalue weighted by molar-refractivity contribution is 5.88. The molecule has 0 aliphatic rings. The average Bonchev–Trinajstić information content (AvgIpc) is 2.69. The third kappa shape index (κ3) is 6.39. The summed E-state index contributed by atoms with van der Waals surface area (Å²) in [7, 11) is 0. The summed E-state index contributed by atoms with van der Waals surface area (Å²) in [6, 6.07) is 14.0. The Morgan fingerprint density at radius 1 is 0.821 bits per heavy atom. The van der Waals surface area contributed by atoms with Crippen LogP contribution in [-0.2, 0) is 19.1 Å². The van der Waals surface area contributed by atoms with Crippen LogP contribution in [0.4, 0.5) is 0 Å². The molecular weight excluding hydrogens is 360 g/mol. The number of hydrogen-bond donors (Lipinski definition) is 0. The highest BCUT2D eigenvalue weighted by atomic mass is 16.6. The van der Waals surface area contributed by atoms with Crippen molar-refractivity contribution in [1.82, 2.24) is 0 Å². The number of carbonyl (C=O) groups is 3. The van der Waals surface area contributed by atoms with E-state index < -0.39 is 11.9 Å². The topological polar surface area (TPSA) is 78.9 Å². The van der Waals surface area contributed by atoms with E-state index in [9.17, 15) is 14.4 Å². The number of benzene rings is 2. The van der Waals surface area contributed by atoms with E-state index >= 15 is 0 Å². The second-order valence-electron chi connectivity index (χ2n) is 6.02. The molecule has 0 unspecified atom stereocenters. The van der Waals surface area contributed by atoms with Gasteiger partial charge in [0, 0.05) is 12.0 Å². The number of rotatable bonds is 8. The largest absolute Gasteiger partial charge is 0.465 e. The third-order valence-corrected chi connectivity index (χ3v) is 3.69. The highest BCUT2D eigenvalue weighted by Crippen LogP contribution is 2.25. The summed E-state index contributed by atoms with van der Waals surface area (Å²) in [6.45, 7) is 6.82. The van der Waals surface area contributed by atoms with Crippen molar-refractivity contribution < 1.29 is 28.6 Å². The Kier molecular flexibility index (Phi) is 7.51. The summed E-state index contributed by atoms with van der Waals surface area (Å²) in [5.41, 5.74) is 2.16. The molecule has 2 aromatic carbocycles. The first-order chi connectivity index (χ1) is 13.4. The average molecular weight is 382 g/mol. The van der Waals surface area contributed by atoms with Gasteiger partial charge in [0.25, 0.3) is 0 Å². The molecule has 2 aromatic rings. The first-order valence-corrected chi connectivity index (χ1v) is 8.83. The quantitative estimate of drug-likeness (QED) is 0.389. The van der Waals surface area contributed by atoms with E-state index in [-0.39, 0.29) is 25.4 Å². The third-order valence-electron chi connectivity index (χ3n) is 3.69. The van der Waals surface area contributed by atoms with E-state index in [1.807, 2.05) is 24.3 Å². The van der Waals surface area contributed by atoms with Crippen molar-refractivity contribution in [3.05, 3.63) is 60.7 Å². The maximum absolute atomic E-state index is 11.7. The molecule has 0 heterocycles. The monoisotopic (exact) mass is 382 g/mol. The Balaban J connectivity index is 1.91. The first-order valence-electron chi connectivity index (χ1n) is 8.83. The Hall–Kier alpha value is -3.41. The molecule has 146 valence electrons. The summed E-state index contributed by atoms with van der Waals surface area (Å²) < 4.78 is 15.2. The van der Waals surface area contributed by atoms with Gasteiger partial charge in [0.05, 0.1) is 6.42 Å². The fraction of sp³-hybridized carbons (Fsp3) is 0.227. The van der Waals surface area contributed by atoms with Gasteiger partial charge in [-0.25, -0.2) is 4.79 Å². The molecule has 0 saturated heterocycles. The molecule has 0 radical (unpaired) electrons. The van der Waals surface area contributed by atoms with Gasteiger partial charge in [-0.3, -0.25) is 9.59 Å². The molecule has 0 aliphatic carbocycles.